The van der Waals surface area contributed by atoms with Gasteiger partial charge in [-0.1, -0.05) is 34.1 Å². The normalized spacial score (nSPS) is 12.4. The van der Waals surface area contributed by atoms with Crippen LogP contribution in [0.2, 0.25) is 0 Å². The van der Waals surface area contributed by atoms with Crippen molar-refractivity contribution in [3.63, 3.8) is 0 Å². The highest BCUT2D eigenvalue weighted by Crippen LogP contribution is 2.29. The number of aryl methyl sites for hydroxylation is 1. The molecular weight excluding hydrogens is 312 g/mol. The first-order valence-corrected chi connectivity index (χ1v) is 6.81. The van der Waals surface area contributed by atoms with Gasteiger partial charge in [-0.25, -0.2) is 0 Å². The van der Waals surface area contributed by atoms with Crippen molar-refractivity contribution in [1.29, 1.82) is 0 Å². The van der Waals surface area contributed by atoms with Crippen molar-refractivity contribution in [1.82, 2.24) is 10.1 Å². The zero-order valence-electron chi connectivity index (χ0n) is 10.8. The second kappa shape index (κ2) is 6.16. The van der Waals surface area contributed by atoms with Gasteiger partial charge in [-0.05, 0) is 19.1 Å². The van der Waals surface area contributed by atoms with Gasteiger partial charge >= 0.3 is 0 Å². The molecule has 19 heavy (non-hydrogen) atoms. The van der Waals surface area contributed by atoms with Crippen LogP contribution in [0, 0.1) is 0 Å². The highest BCUT2D eigenvalue weighted by molar-refractivity contribution is 9.10. The molecule has 1 aromatic heterocycles. The molecule has 0 bridgehead atoms. The fourth-order valence-corrected chi connectivity index (χ4v) is 1.95. The van der Waals surface area contributed by atoms with E-state index in [1.807, 2.05) is 19.1 Å². The van der Waals surface area contributed by atoms with Crippen LogP contribution >= 0.6 is 15.9 Å². The van der Waals surface area contributed by atoms with Gasteiger partial charge < -0.3 is 14.4 Å². The third kappa shape index (κ3) is 3.54. The molecule has 2 rings (SSSR count). The van der Waals surface area contributed by atoms with Crippen LogP contribution in [0.4, 0.5) is 0 Å². The molecule has 0 aliphatic rings. The minimum absolute atomic E-state index is 0.184. The zero-order valence-corrected chi connectivity index (χ0v) is 12.3. The molecule has 5 nitrogen and oxygen atoms in total. The molecule has 0 fully saturated rings. The topological polar surface area (TPSA) is 68.4 Å². The van der Waals surface area contributed by atoms with E-state index in [4.69, 9.17) is 9.26 Å². The number of hydrogen-bond acceptors (Lipinski definition) is 5. The quantitative estimate of drug-likeness (QED) is 0.914. The van der Waals surface area contributed by atoms with E-state index in [2.05, 4.69) is 26.1 Å². The van der Waals surface area contributed by atoms with Gasteiger partial charge in [-0.15, -0.1) is 0 Å². The number of ether oxygens (including phenoxy) is 1. The van der Waals surface area contributed by atoms with Crippen LogP contribution < -0.4 is 4.74 Å². The Morgan fingerprint density at radius 1 is 1.47 bits per heavy atom. The molecule has 0 amide bonds. The predicted molar refractivity (Wildman–Crippen MR) is 72.8 cm³/mol. The van der Waals surface area contributed by atoms with E-state index in [9.17, 15) is 5.11 Å². The van der Waals surface area contributed by atoms with Crippen molar-refractivity contribution < 1.29 is 14.4 Å². The van der Waals surface area contributed by atoms with Crippen LogP contribution in [0.3, 0.4) is 0 Å². The number of benzene rings is 1. The largest absolute Gasteiger partial charge is 0.483 e. The fourth-order valence-electron chi connectivity index (χ4n) is 1.61. The summed E-state index contributed by atoms with van der Waals surface area (Å²) in [5.41, 5.74) is 0.721. The van der Waals surface area contributed by atoms with E-state index in [1.165, 1.54) is 0 Å². The van der Waals surface area contributed by atoms with Crippen molar-refractivity contribution in [3.8, 4) is 5.75 Å². The third-order valence-electron chi connectivity index (χ3n) is 2.60. The molecule has 1 aromatic carbocycles. The minimum atomic E-state index is -0.600. The molecule has 1 heterocycles. The van der Waals surface area contributed by atoms with Gasteiger partial charge in [-0.3, -0.25) is 0 Å². The second-order valence-corrected chi connectivity index (χ2v) is 5.02. The molecule has 0 aliphatic heterocycles. The van der Waals surface area contributed by atoms with Crippen molar-refractivity contribution in [2.75, 3.05) is 0 Å². The first kappa shape index (κ1) is 14.0. The first-order valence-electron chi connectivity index (χ1n) is 6.02. The highest BCUT2D eigenvalue weighted by Gasteiger charge is 2.12. The van der Waals surface area contributed by atoms with Gasteiger partial charge in [-0.2, -0.15) is 4.98 Å². The highest BCUT2D eigenvalue weighted by atomic mass is 79.9. The Labute approximate surface area is 119 Å². The molecule has 2 aromatic rings. The number of aliphatic hydroxyl groups is 1. The SMILES string of the molecule is CCc1noc(COc2cc(Br)ccc2[C@H](C)O)n1. The molecule has 102 valence electrons. The van der Waals surface area contributed by atoms with E-state index in [0.717, 1.165) is 16.5 Å². The number of aliphatic hydroxyl groups excluding tert-OH is 1. The summed E-state index contributed by atoms with van der Waals surface area (Å²) in [6.45, 7) is 3.83. The summed E-state index contributed by atoms with van der Waals surface area (Å²) >= 11 is 3.37. The Bertz CT molecular complexity index is 555. The number of rotatable bonds is 5. The average molecular weight is 327 g/mol. The standard InChI is InChI=1S/C13H15BrN2O3/c1-3-12-15-13(19-16-12)7-18-11-6-9(14)4-5-10(11)8(2)17/h4-6,8,17H,3,7H2,1-2H3/t8-/m0/s1. The third-order valence-corrected chi connectivity index (χ3v) is 3.10. The maximum Gasteiger partial charge on any atom is 0.264 e. The fraction of sp³-hybridized carbons (Fsp3) is 0.385. The van der Waals surface area contributed by atoms with Gasteiger partial charge in [0.15, 0.2) is 12.4 Å². The van der Waals surface area contributed by atoms with E-state index in [-0.39, 0.29) is 6.61 Å². The van der Waals surface area contributed by atoms with Gasteiger partial charge in [0.25, 0.3) is 5.89 Å². The monoisotopic (exact) mass is 326 g/mol. The summed E-state index contributed by atoms with van der Waals surface area (Å²) in [6.07, 6.45) is 0.122. The van der Waals surface area contributed by atoms with Gasteiger partial charge in [0.1, 0.15) is 5.75 Å². The molecule has 0 spiro atoms. The summed E-state index contributed by atoms with van der Waals surface area (Å²) in [6, 6.07) is 5.48. The lowest BCUT2D eigenvalue weighted by Crippen LogP contribution is -2.01. The summed E-state index contributed by atoms with van der Waals surface area (Å²) in [5, 5.41) is 13.5. The smallest absolute Gasteiger partial charge is 0.264 e. The van der Waals surface area contributed by atoms with Crippen LogP contribution in [0.25, 0.3) is 0 Å². The molecule has 0 aliphatic carbocycles. The van der Waals surface area contributed by atoms with Gasteiger partial charge in [0.05, 0.1) is 6.10 Å². The number of halogens is 1. The predicted octanol–water partition coefficient (Wildman–Crippen LogP) is 3.03. The van der Waals surface area contributed by atoms with Crippen molar-refractivity contribution in [3.05, 3.63) is 40.0 Å². The average Bonchev–Trinajstić information content (AvgIpc) is 2.84. The zero-order chi connectivity index (χ0) is 13.8. The van der Waals surface area contributed by atoms with Gasteiger partial charge in [0.2, 0.25) is 0 Å². The molecular formula is C13H15BrN2O3. The number of aromatic nitrogens is 2. The summed E-state index contributed by atoms with van der Waals surface area (Å²) in [5.74, 6) is 1.68. The molecule has 0 unspecified atom stereocenters. The summed E-state index contributed by atoms with van der Waals surface area (Å²) in [7, 11) is 0. The molecule has 0 saturated carbocycles. The van der Waals surface area contributed by atoms with E-state index < -0.39 is 6.10 Å². The van der Waals surface area contributed by atoms with Crippen molar-refractivity contribution in [2.45, 2.75) is 33.0 Å². The molecule has 1 atom stereocenters. The molecule has 0 saturated heterocycles. The first-order chi connectivity index (χ1) is 9.10. The summed E-state index contributed by atoms with van der Waals surface area (Å²) < 4.78 is 11.6. The molecule has 6 heteroatoms. The molecule has 0 radical (unpaired) electrons. The number of hydrogen-bond donors (Lipinski definition) is 1. The van der Waals surface area contributed by atoms with Crippen LogP contribution in [0.1, 0.15) is 37.2 Å². The van der Waals surface area contributed by atoms with Gasteiger partial charge in [0, 0.05) is 16.5 Å². The lowest BCUT2D eigenvalue weighted by molar-refractivity contribution is 0.185. The lowest BCUT2D eigenvalue weighted by atomic mass is 10.1. The van der Waals surface area contributed by atoms with E-state index >= 15 is 0 Å². The second-order valence-electron chi connectivity index (χ2n) is 4.10. The lowest BCUT2D eigenvalue weighted by Gasteiger charge is -2.12. The molecule has 1 N–H and O–H groups in total. The Kier molecular flexibility index (Phi) is 4.55. The van der Waals surface area contributed by atoms with Crippen LogP contribution in [0.5, 0.6) is 5.75 Å². The van der Waals surface area contributed by atoms with E-state index in [1.54, 1.807) is 13.0 Å². The maximum atomic E-state index is 9.69. The Morgan fingerprint density at radius 3 is 2.89 bits per heavy atom. The van der Waals surface area contributed by atoms with Crippen molar-refractivity contribution in [2.24, 2.45) is 0 Å². The van der Waals surface area contributed by atoms with Crippen molar-refractivity contribution >= 4 is 15.9 Å². The van der Waals surface area contributed by atoms with E-state index in [0.29, 0.717) is 17.5 Å². The maximum absolute atomic E-state index is 9.69. The Balaban J connectivity index is 2.12. The minimum Gasteiger partial charge on any atom is -0.483 e. The van der Waals surface area contributed by atoms with Crippen LogP contribution in [-0.4, -0.2) is 15.2 Å². The summed E-state index contributed by atoms with van der Waals surface area (Å²) in [4.78, 5) is 4.16. The van der Waals surface area contributed by atoms with Crippen LogP contribution in [-0.2, 0) is 13.0 Å². The Hall–Kier alpha value is -1.40. The van der Waals surface area contributed by atoms with Crippen LogP contribution in [0.15, 0.2) is 27.2 Å². The number of nitrogens with zero attached hydrogens (tertiary/aromatic N) is 2. The Morgan fingerprint density at radius 2 is 2.26 bits per heavy atom.